The number of pyridine rings is 1. The third-order valence-corrected chi connectivity index (χ3v) is 2.64. The van der Waals surface area contributed by atoms with Gasteiger partial charge in [0.05, 0.1) is 11.8 Å². The van der Waals surface area contributed by atoms with Crippen molar-refractivity contribution in [1.29, 1.82) is 0 Å². The van der Waals surface area contributed by atoms with E-state index in [2.05, 4.69) is 4.98 Å². The first-order valence-corrected chi connectivity index (χ1v) is 5.86. The fraction of sp³-hybridized carbons (Fsp3) is 0.538. The van der Waals surface area contributed by atoms with Gasteiger partial charge in [0.2, 0.25) is 0 Å². The van der Waals surface area contributed by atoms with Gasteiger partial charge in [0.25, 0.3) is 5.91 Å². The number of nitrogens with two attached hydrogens (primary N) is 1. The second-order valence-corrected chi connectivity index (χ2v) is 5.47. The van der Waals surface area contributed by atoms with Crippen molar-refractivity contribution < 1.29 is 9.53 Å². The summed E-state index contributed by atoms with van der Waals surface area (Å²) in [4.78, 5) is 15.5. The van der Waals surface area contributed by atoms with E-state index in [1.807, 2.05) is 20.8 Å². The van der Waals surface area contributed by atoms with Gasteiger partial charge in [0.1, 0.15) is 11.4 Å². The summed E-state index contributed by atoms with van der Waals surface area (Å²) in [6, 6.07) is 3.42. The van der Waals surface area contributed by atoms with Crippen molar-refractivity contribution in [3.05, 3.63) is 23.5 Å². The molecule has 4 heteroatoms. The summed E-state index contributed by atoms with van der Waals surface area (Å²) >= 11 is 0. The molecule has 0 spiro atoms. The number of nitrogens with zero attached hydrogens (tertiary/aromatic N) is 1. The Bertz CT molecular complexity index is 445. The molecule has 0 aliphatic heterocycles. The van der Waals surface area contributed by atoms with Gasteiger partial charge < -0.3 is 10.5 Å². The lowest BCUT2D eigenvalue weighted by Crippen LogP contribution is -2.20. The van der Waals surface area contributed by atoms with Crippen molar-refractivity contribution >= 4 is 5.91 Å². The second-order valence-electron chi connectivity index (χ2n) is 5.47. The van der Waals surface area contributed by atoms with Gasteiger partial charge in [-0.05, 0) is 25.0 Å². The van der Waals surface area contributed by atoms with E-state index in [1.54, 1.807) is 12.1 Å². The minimum atomic E-state index is -0.506. The number of carbonyl (C=O) groups excluding carboxylic acids is 1. The normalized spacial score (nSPS) is 15.7. The fourth-order valence-electron chi connectivity index (χ4n) is 1.58. The lowest BCUT2D eigenvalue weighted by atomic mass is 9.90. The first kappa shape index (κ1) is 11.9. The van der Waals surface area contributed by atoms with Crippen molar-refractivity contribution in [2.45, 2.75) is 45.1 Å². The molecule has 1 saturated carbocycles. The van der Waals surface area contributed by atoms with E-state index in [1.165, 1.54) is 0 Å². The van der Waals surface area contributed by atoms with Gasteiger partial charge >= 0.3 is 0 Å². The van der Waals surface area contributed by atoms with Crippen LogP contribution in [0.3, 0.4) is 0 Å². The lowest BCUT2D eigenvalue weighted by Gasteiger charge is -2.21. The number of hydrogen-bond acceptors (Lipinski definition) is 3. The molecule has 17 heavy (non-hydrogen) atoms. The minimum Gasteiger partial charge on any atom is -0.488 e. The van der Waals surface area contributed by atoms with E-state index < -0.39 is 5.91 Å². The highest BCUT2D eigenvalue weighted by molar-refractivity contribution is 5.90. The van der Waals surface area contributed by atoms with E-state index in [0.29, 0.717) is 6.10 Å². The van der Waals surface area contributed by atoms with Gasteiger partial charge in [-0.15, -0.1) is 0 Å². The Labute approximate surface area is 101 Å². The highest BCUT2D eigenvalue weighted by Gasteiger charge is 2.28. The Morgan fingerprint density at radius 1 is 1.41 bits per heavy atom. The zero-order valence-corrected chi connectivity index (χ0v) is 10.5. The number of ether oxygens (including phenoxy) is 1. The highest BCUT2D eigenvalue weighted by atomic mass is 16.5. The number of rotatable bonds is 3. The van der Waals surface area contributed by atoms with Crippen LogP contribution in [0.1, 0.15) is 49.8 Å². The van der Waals surface area contributed by atoms with Crippen LogP contribution in [0.25, 0.3) is 0 Å². The van der Waals surface area contributed by atoms with E-state index in [0.717, 1.165) is 24.3 Å². The minimum absolute atomic E-state index is 0.171. The third-order valence-electron chi connectivity index (χ3n) is 2.64. The zero-order valence-electron chi connectivity index (χ0n) is 10.5. The average Bonchev–Trinajstić information content (AvgIpc) is 3.00. The van der Waals surface area contributed by atoms with E-state index >= 15 is 0 Å². The second kappa shape index (κ2) is 4.02. The van der Waals surface area contributed by atoms with E-state index in [-0.39, 0.29) is 11.1 Å². The molecule has 0 aromatic carbocycles. The molecule has 1 fully saturated rings. The largest absolute Gasteiger partial charge is 0.488 e. The smallest absolute Gasteiger partial charge is 0.267 e. The van der Waals surface area contributed by atoms with Gasteiger partial charge in [-0.1, -0.05) is 20.8 Å². The molecular formula is C13H18N2O2. The Morgan fingerprint density at radius 2 is 2.06 bits per heavy atom. The van der Waals surface area contributed by atoms with Crippen LogP contribution >= 0.6 is 0 Å². The SMILES string of the molecule is CC(C)(C)c1nc(C(N)=O)ccc1OC1CC1. The molecule has 92 valence electrons. The maximum Gasteiger partial charge on any atom is 0.267 e. The van der Waals surface area contributed by atoms with Crippen LogP contribution in [0.15, 0.2) is 12.1 Å². The summed E-state index contributed by atoms with van der Waals surface area (Å²) in [5.41, 5.74) is 6.16. The molecule has 4 nitrogen and oxygen atoms in total. The standard InChI is InChI=1S/C13H18N2O2/c1-13(2,3)11-10(17-8-4-5-8)7-6-9(15-11)12(14)16/h6-8H,4-5H2,1-3H3,(H2,14,16). The zero-order chi connectivity index (χ0) is 12.6. The number of aromatic nitrogens is 1. The van der Waals surface area contributed by atoms with Crippen LogP contribution in [0.5, 0.6) is 5.75 Å². The summed E-state index contributed by atoms with van der Waals surface area (Å²) in [6.45, 7) is 6.12. The Kier molecular flexibility index (Phi) is 2.81. The first-order valence-electron chi connectivity index (χ1n) is 5.86. The summed E-state index contributed by atoms with van der Waals surface area (Å²) in [5.74, 6) is 0.262. The van der Waals surface area contributed by atoms with Crippen molar-refractivity contribution in [2.75, 3.05) is 0 Å². The molecule has 1 aromatic heterocycles. The van der Waals surface area contributed by atoms with Gasteiger partial charge in [-0.3, -0.25) is 4.79 Å². The fourth-order valence-corrected chi connectivity index (χ4v) is 1.58. The number of carbonyl (C=O) groups is 1. The van der Waals surface area contributed by atoms with Crippen LogP contribution in [-0.2, 0) is 5.41 Å². The van der Waals surface area contributed by atoms with Crippen LogP contribution in [-0.4, -0.2) is 17.0 Å². The molecule has 2 rings (SSSR count). The van der Waals surface area contributed by atoms with Gasteiger partial charge in [-0.2, -0.15) is 0 Å². The maximum atomic E-state index is 11.1. The maximum absolute atomic E-state index is 11.1. The summed E-state index contributed by atoms with van der Waals surface area (Å²) in [6.07, 6.45) is 2.51. The lowest BCUT2D eigenvalue weighted by molar-refractivity contribution is 0.0995. The van der Waals surface area contributed by atoms with E-state index in [9.17, 15) is 4.79 Å². The van der Waals surface area contributed by atoms with Gasteiger partial charge in [0, 0.05) is 5.41 Å². The quantitative estimate of drug-likeness (QED) is 0.870. The molecule has 0 atom stereocenters. The van der Waals surface area contributed by atoms with E-state index in [4.69, 9.17) is 10.5 Å². The molecule has 1 aliphatic carbocycles. The number of hydrogen-bond donors (Lipinski definition) is 1. The topological polar surface area (TPSA) is 65.2 Å². The van der Waals surface area contributed by atoms with Crippen molar-refractivity contribution in [2.24, 2.45) is 5.73 Å². The molecule has 0 saturated heterocycles. The molecule has 0 radical (unpaired) electrons. The predicted octanol–water partition coefficient (Wildman–Crippen LogP) is 2.02. The Balaban J connectivity index is 2.39. The third kappa shape index (κ3) is 2.75. The Hall–Kier alpha value is -1.58. The van der Waals surface area contributed by atoms with Crippen LogP contribution in [0, 0.1) is 0 Å². The summed E-state index contributed by atoms with van der Waals surface area (Å²) < 4.78 is 5.80. The molecule has 1 aromatic rings. The molecule has 0 unspecified atom stereocenters. The summed E-state index contributed by atoms with van der Waals surface area (Å²) in [5, 5.41) is 0. The predicted molar refractivity (Wildman–Crippen MR) is 65.1 cm³/mol. The van der Waals surface area contributed by atoms with Crippen LogP contribution in [0.4, 0.5) is 0 Å². The molecule has 0 bridgehead atoms. The van der Waals surface area contributed by atoms with Crippen molar-refractivity contribution in [1.82, 2.24) is 4.98 Å². The molecule has 1 amide bonds. The summed E-state index contributed by atoms with van der Waals surface area (Å²) in [7, 11) is 0. The highest BCUT2D eigenvalue weighted by Crippen LogP contribution is 2.34. The van der Waals surface area contributed by atoms with Crippen LogP contribution in [0.2, 0.25) is 0 Å². The van der Waals surface area contributed by atoms with Gasteiger partial charge in [0.15, 0.2) is 0 Å². The van der Waals surface area contributed by atoms with Gasteiger partial charge in [-0.25, -0.2) is 4.98 Å². The average molecular weight is 234 g/mol. The molecular weight excluding hydrogens is 216 g/mol. The molecule has 1 heterocycles. The monoisotopic (exact) mass is 234 g/mol. The van der Waals surface area contributed by atoms with Crippen LogP contribution < -0.4 is 10.5 Å². The Morgan fingerprint density at radius 3 is 2.53 bits per heavy atom. The number of primary amides is 1. The van der Waals surface area contributed by atoms with Crippen molar-refractivity contribution in [3.8, 4) is 5.75 Å². The molecule has 1 aliphatic rings. The first-order chi connectivity index (χ1) is 7.88. The number of amides is 1. The molecule has 2 N–H and O–H groups in total. The van der Waals surface area contributed by atoms with Crippen molar-refractivity contribution in [3.63, 3.8) is 0 Å².